The Bertz CT molecular complexity index is 867. The smallest absolute Gasteiger partial charge is 0.233 e. The van der Waals surface area contributed by atoms with Crippen LogP contribution in [0.4, 0.5) is 27.9 Å². The first-order valence-electron chi connectivity index (χ1n) is 11.8. The predicted molar refractivity (Wildman–Crippen MR) is 125 cm³/mol. The second-order valence-corrected chi connectivity index (χ2v) is 8.69. The van der Waals surface area contributed by atoms with Gasteiger partial charge in [-0.1, -0.05) is 25.7 Å². The Morgan fingerprint density at radius 3 is 2.41 bits per heavy atom. The van der Waals surface area contributed by atoms with E-state index in [0.717, 1.165) is 45.3 Å². The highest BCUT2D eigenvalue weighted by molar-refractivity contribution is 5.57. The molecule has 32 heavy (non-hydrogen) atoms. The summed E-state index contributed by atoms with van der Waals surface area (Å²) in [6.07, 6.45) is 9.54. The number of halogens is 1. The molecule has 2 heterocycles. The van der Waals surface area contributed by atoms with Gasteiger partial charge in [-0.05, 0) is 56.8 Å². The first-order valence-corrected chi connectivity index (χ1v) is 11.8. The summed E-state index contributed by atoms with van der Waals surface area (Å²) >= 11 is 0. The molecule has 1 saturated carbocycles. The standard InChI is InChI=1S/C23H34FN7O/c1-32-20-9-8-18(14-19(20)24)28-23-30-21(26-15-16-10-12-25-13-11-16)29-22(31-23)27-17-6-4-2-3-5-7-17/h8-9,14,16-17,25H,2-7,10-13,15H2,1H3,(H3,26,27,28,29,30,31). The van der Waals surface area contributed by atoms with Gasteiger partial charge < -0.3 is 26.0 Å². The number of ether oxygens (including phenoxy) is 1. The molecule has 4 rings (SSSR count). The first-order chi connectivity index (χ1) is 15.7. The van der Waals surface area contributed by atoms with Crippen LogP contribution in [-0.2, 0) is 0 Å². The average Bonchev–Trinajstić information content (AvgIpc) is 3.07. The van der Waals surface area contributed by atoms with E-state index in [9.17, 15) is 4.39 Å². The van der Waals surface area contributed by atoms with Crippen molar-refractivity contribution in [1.82, 2.24) is 20.3 Å². The van der Waals surface area contributed by atoms with Crippen molar-refractivity contribution in [2.45, 2.75) is 57.4 Å². The van der Waals surface area contributed by atoms with E-state index in [1.807, 2.05) is 0 Å². The molecule has 9 heteroatoms. The van der Waals surface area contributed by atoms with Crippen LogP contribution in [0.1, 0.15) is 51.4 Å². The van der Waals surface area contributed by atoms with Crippen molar-refractivity contribution >= 4 is 23.5 Å². The molecule has 2 aromatic rings. The highest BCUT2D eigenvalue weighted by Crippen LogP contribution is 2.24. The largest absolute Gasteiger partial charge is 0.494 e. The molecule has 1 aromatic carbocycles. The monoisotopic (exact) mass is 443 g/mol. The highest BCUT2D eigenvalue weighted by Gasteiger charge is 2.17. The lowest BCUT2D eigenvalue weighted by atomic mass is 9.98. The minimum Gasteiger partial charge on any atom is -0.494 e. The van der Waals surface area contributed by atoms with Gasteiger partial charge in [0.25, 0.3) is 0 Å². The molecule has 1 aliphatic carbocycles. The second kappa shape index (κ2) is 11.3. The normalized spacial score (nSPS) is 18.1. The second-order valence-electron chi connectivity index (χ2n) is 8.69. The van der Waals surface area contributed by atoms with E-state index in [4.69, 9.17) is 4.74 Å². The lowest BCUT2D eigenvalue weighted by molar-refractivity contribution is 0.386. The van der Waals surface area contributed by atoms with Crippen molar-refractivity contribution in [2.24, 2.45) is 5.92 Å². The van der Waals surface area contributed by atoms with Crippen LogP contribution in [0.3, 0.4) is 0 Å². The topological polar surface area (TPSA) is 96.0 Å². The Hall–Kier alpha value is -2.68. The number of hydrogen-bond acceptors (Lipinski definition) is 8. The van der Waals surface area contributed by atoms with Gasteiger partial charge in [0.1, 0.15) is 0 Å². The number of methoxy groups -OCH3 is 1. The van der Waals surface area contributed by atoms with Crippen molar-refractivity contribution in [3.63, 3.8) is 0 Å². The van der Waals surface area contributed by atoms with Crippen LogP contribution in [0.25, 0.3) is 0 Å². The Balaban J connectivity index is 1.50. The lowest BCUT2D eigenvalue weighted by Crippen LogP contribution is -2.31. The summed E-state index contributed by atoms with van der Waals surface area (Å²) in [4.78, 5) is 13.8. The first kappa shape index (κ1) is 22.5. The maximum atomic E-state index is 14.1. The Kier molecular flexibility index (Phi) is 7.92. The number of benzene rings is 1. The van der Waals surface area contributed by atoms with Gasteiger partial charge >= 0.3 is 0 Å². The maximum Gasteiger partial charge on any atom is 0.233 e. The molecule has 174 valence electrons. The summed E-state index contributed by atoms with van der Waals surface area (Å²) in [6.45, 7) is 2.92. The van der Waals surface area contributed by atoms with Crippen LogP contribution < -0.4 is 26.0 Å². The number of rotatable bonds is 8. The van der Waals surface area contributed by atoms with Crippen LogP contribution in [0.2, 0.25) is 0 Å². The van der Waals surface area contributed by atoms with Crippen molar-refractivity contribution in [1.29, 1.82) is 0 Å². The minimum atomic E-state index is -0.437. The van der Waals surface area contributed by atoms with Gasteiger partial charge in [-0.25, -0.2) is 4.39 Å². The van der Waals surface area contributed by atoms with Crippen LogP contribution >= 0.6 is 0 Å². The van der Waals surface area contributed by atoms with E-state index in [0.29, 0.717) is 35.5 Å². The molecule has 0 atom stereocenters. The van der Waals surface area contributed by atoms with Crippen molar-refractivity contribution in [3.8, 4) is 5.75 Å². The number of anilines is 4. The number of aromatic nitrogens is 3. The molecular formula is C23H34FN7O. The summed E-state index contributed by atoms with van der Waals surface area (Å²) in [6, 6.07) is 5.07. The zero-order valence-electron chi connectivity index (χ0n) is 18.8. The molecular weight excluding hydrogens is 409 g/mol. The molecule has 8 nitrogen and oxygen atoms in total. The molecule has 2 fully saturated rings. The minimum absolute atomic E-state index is 0.200. The van der Waals surface area contributed by atoms with E-state index in [2.05, 4.69) is 36.2 Å². The average molecular weight is 444 g/mol. The van der Waals surface area contributed by atoms with Crippen molar-refractivity contribution in [2.75, 3.05) is 42.7 Å². The number of nitrogens with zero attached hydrogens (tertiary/aromatic N) is 3. The summed E-state index contributed by atoms with van der Waals surface area (Å²) in [5.74, 6) is 1.83. The molecule has 0 amide bonds. The molecule has 2 aliphatic rings. The summed E-state index contributed by atoms with van der Waals surface area (Å²) in [7, 11) is 1.45. The summed E-state index contributed by atoms with van der Waals surface area (Å²) in [5, 5.41) is 13.4. The van der Waals surface area contributed by atoms with Crippen molar-refractivity contribution < 1.29 is 9.13 Å². The highest BCUT2D eigenvalue weighted by atomic mass is 19.1. The van der Waals surface area contributed by atoms with Gasteiger partial charge in [-0.3, -0.25) is 0 Å². The lowest BCUT2D eigenvalue weighted by Gasteiger charge is -2.23. The number of piperidine rings is 1. The molecule has 0 radical (unpaired) electrons. The van der Waals surface area contributed by atoms with Crippen molar-refractivity contribution in [3.05, 3.63) is 24.0 Å². The molecule has 0 bridgehead atoms. The zero-order valence-corrected chi connectivity index (χ0v) is 18.8. The van der Waals surface area contributed by atoms with Crippen LogP contribution in [-0.4, -0.2) is 47.7 Å². The predicted octanol–water partition coefficient (Wildman–Crippen LogP) is 4.31. The van der Waals surface area contributed by atoms with Gasteiger partial charge in [0.15, 0.2) is 11.6 Å². The van der Waals surface area contributed by atoms with E-state index >= 15 is 0 Å². The van der Waals surface area contributed by atoms with E-state index in [1.165, 1.54) is 38.9 Å². The van der Waals surface area contributed by atoms with Crippen LogP contribution in [0, 0.1) is 11.7 Å². The third-order valence-corrected chi connectivity index (χ3v) is 6.24. The number of hydrogen-bond donors (Lipinski definition) is 4. The zero-order chi connectivity index (χ0) is 22.2. The van der Waals surface area contributed by atoms with Gasteiger partial charge in [0.05, 0.1) is 7.11 Å². The fourth-order valence-corrected chi connectivity index (χ4v) is 4.38. The molecule has 0 spiro atoms. The third-order valence-electron chi connectivity index (χ3n) is 6.24. The molecule has 0 unspecified atom stereocenters. The third kappa shape index (κ3) is 6.41. The van der Waals surface area contributed by atoms with Gasteiger partial charge in [0.2, 0.25) is 17.8 Å². The van der Waals surface area contributed by atoms with Crippen LogP contribution in [0.5, 0.6) is 5.75 Å². The molecule has 1 saturated heterocycles. The maximum absolute atomic E-state index is 14.1. The quantitative estimate of drug-likeness (QED) is 0.448. The fraction of sp³-hybridized carbons (Fsp3) is 0.609. The van der Waals surface area contributed by atoms with E-state index in [-0.39, 0.29) is 5.75 Å². The van der Waals surface area contributed by atoms with E-state index in [1.54, 1.807) is 12.1 Å². The summed E-state index contributed by atoms with van der Waals surface area (Å²) in [5.41, 5.74) is 0.555. The van der Waals surface area contributed by atoms with Gasteiger partial charge in [0, 0.05) is 24.3 Å². The Morgan fingerprint density at radius 2 is 1.69 bits per heavy atom. The molecule has 1 aliphatic heterocycles. The SMILES string of the molecule is COc1ccc(Nc2nc(NCC3CCNCC3)nc(NC3CCCCCC3)n2)cc1F. The molecule has 4 N–H and O–H groups in total. The Labute approximate surface area is 189 Å². The Morgan fingerprint density at radius 1 is 0.969 bits per heavy atom. The summed E-state index contributed by atoms with van der Waals surface area (Å²) < 4.78 is 19.1. The van der Waals surface area contributed by atoms with Gasteiger partial charge in [-0.15, -0.1) is 0 Å². The molecule has 1 aromatic heterocycles. The van der Waals surface area contributed by atoms with Gasteiger partial charge in [-0.2, -0.15) is 15.0 Å². The number of nitrogens with one attached hydrogen (secondary N) is 4. The van der Waals surface area contributed by atoms with E-state index < -0.39 is 5.82 Å². The van der Waals surface area contributed by atoms with Crippen LogP contribution in [0.15, 0.2) is 18.2 Å². The fourth-order valence-electron chi connectivity index (χ4n) is 4.38.